The minimum Gasteiger partial charge on any atom is -0.375 e. The summed E-state index contributed by atoms with van der Waals surface area (Å²) in [5.74, 6) is 0.911. The molecule has 0 aliphatic carbocycles. The molecule has 0 bridgehead atoms. The Morgan fingerprint density at radius 2 is 2.06 bits per heavy atom. The second kappa shape index (κ2) is 4.87. The number of nitro benzene ring substituents is 1. The van der Waals surface area contributed by atoms with Crippen LogP contribution in [-0.4, -0.2) is 14.5 Å². The Hall–Kier alpha value is -2.37. The number of rotatable bonds is 4. The van der Waals surface area contributed by atoms with Crippen molar-refractivity contribution in [3.63, 3.8) is 0 Å². The number of aryl methyl sites for hydroxylation is 1. The predicted molar refractivity (Wildman–Crippen MR) is 68.3 cm³/mol. The van der Waals surface area contributed by atoms with Crippen molar-refractivity contribution in [2.24, 2.45) is 7.05 Å². The average molecular weight is 246 g/mol. The first kappa shape index (κ1) is 12.1. The molecule has 2 aromatic rings. The fourth-order valence-electron chi connectivity index (χ4n) is 1.79. The fourth-order valence-corrected chi connectivity index (χ4v) is 1.79. The second-order valence-corrected chi connectivity index (χ2v) is 4.07. The van der Waals surface area contributed by atoms with Gasteiger partial charge in [-0.3, -0.25) is 10.1 Å². The van der Waals surface area contributed by atoms with E-state index in [-0.39, 0.29) is 11.7 Å². The molecule has 1 aromatic carbocycles. The van der Waals surface area contributed by atoms with E-state index < -0.39 is 4.92 Å². The molecule has 0 spiro atoms. The summed E-state index contributed by atoms with van der Waals surface area (Å²) in [7, 11) is 1.93. The van der Waals surface area contributed by atoms with Gasteiger partial charge in [-0.25, -0.2) is 4.98 Å². The summed E-state index contributed by atoms with van der Waals surface area (Å²) < 4.78 is 1.93. The normalized spacial score (nSPS) is 12.1. The zero-order valence-electron chi connectivity index (χ0n) is 10.2. The number of nitrogens with one attached hydrogen (secondary N) is 1. The molecular weight excluding hydrogens is 232 g/mol. The number of benzene rings is 1. The molecule has 0 radical (unpaired) electrons. The maximum absolute atomic E-state index is 10.5. The maximum Gasteiger partial charge on any atom is 0.269 e. The molecule has 6 nitrogen and oxygen atoms in total. The first-order valence-electron chi connectivity index (χ1n) is 5.56. The minimum absolute atomic E-state index is 0.0338. The van der Waals surface area contributed by atoms with Gasteiger partial charge in [-0.15, -0.1) is 0 Å². The molecule has 0 saturated heterocycles. The zero-order chi connectivity index (χ0) is 13.1. The summed E-state index contributed by atoms with van der Waals surface area (Å²) in [6, 6.07) is 6.38. The molecule has 0 amide bonds. The van der Waals surface area contributed by atoms with E-state index in [1.54, 1.807) is 18.3 Å². The summed E-state index contributed by atoms with van der Waals surface area (Å²) in [5.41, 5.74) is 0.918. The summed E-state index contributed by atoms with van der Waals surface area (Å²) in [5, 5.41) is 13.8. The first-order chi connectivity index (χ1) is 8.58. The van der Waals surface area contributed by atoms with Gasteiger partial charge in [0.15, 0.2) is 0 Å². The lowest BCUT2D eigenvalue weighted by atomic mass is 10.2. The third-order valence-corrected chi connectivity index (χ3v) is 2.71. The van der Waals surface area contributed by atoms with Gasteiger partial charge in [0.1, 0.15) is 5.82 Å². The summed E-state index contributed by atoms with van der Waals surface area (Å²) >= 11 is 0. The molecule has 18 heavy (non-hydrogen) atoms. The molecule has 2 rings (SSSR count). The van der Waals surface area contributed by atoms with Crippen LogP contribution in [0.2, 0.25) is 0 Å². The van der Waals surface area contributed by atoms with Crippen LogP contribution < -0.4 is 5.32 Å². The highest BCUT2D eigenvalue weighted by Gasteiger charge is 2.10. The van der Waals surface area contributed by atoms with Crippen molar-refractivity contribution in [1.29, 1.82) is 0 Å². The monoisotopic (exact) mass is 246 g/mol. The highest BCUT2D eigenvalue weighted by molar-refractivity contribution is 5.49. The number of nitrogens with zero attached hydrogens (tertiary/aromatic N) is 3. The lowest BCUT2D eigenvalue weighted by molar-refractivity contribution is -0.384. The zero-order valence-corrected chi connectivity index (χ0v) is 10.2. The number of imidazole rings is 1. The van der Waals surface area contributed by atoms with E-state index in [0.717, 1.165) is 11.5 Å². The number of hydrogen-bond acceptors (Lipinski definition) is 4. The van der Waals surface area contributed by atoms with E-state index in [9.17, 15) is 10.1 Å². The van der Waals surface area contributed by atoms with E-state index in [2.05, 4.69) is 10.3 Å². The molecule has 0 fully saturated rings. The van der Waals surface area contributed by atoms with Gasteiger partial charge in [0.2, 0.25) is 0 Å². The Labute approximate surface area is 104 Å². The molecule has 1 aromatic heterocycles. The van der Waals surface area contributed by atoms with Crippen molar-refractivity contribution < 1.29 is 4.92 Å². The average Bonchev–Trinajstić information content (AvgIpc) is 2.76. The van der Waals surface area contributed by atoms with Crippen molar-refractivity contribution in [3.8, 4) is 0 Å². The molecule has 0 aliphatic rings. The lowest BCUT2D eigenvalue weighted by Gasteiger charge is -2.14. The largest absolute Gasteiger partial charge is 0.375 e. The maximum atomic E-state index is 10.5. The van der Waals surface area contributed by atoms with Crippen LogP contribution in [-0.2, 0) is 7.05 Å². The van der Waals surface area contributed by atoms with Crippen LogP contribution >= 0.6 is 0 Å². The Balaban J connectivity index is 2.10. The van der Waals surface area contributed by atoms with Gasteiger partial charge >= 0.3 is 0 Å². The molecule has 1 atom stereocenters. The van der Waals surface area contributed by atoms with Crippen molar-refractivity contribution in [1.82, 2.24) is 9.55 Å². The number of aromatic nitrogens is 2. The number of nitro groups is 1. The quantitative estimate of drug-likeness (QED) is 0.664. The Morgan fingerprint density at radius 1 is 1.39 bits per heavy atom. The van der Waals surface area contributed by atoms with E-state index in [1.165, 1.54) is 12.1 Å². The molecule has 1 N–H and O–H groups in total. The summed E-state index contributed by atoms with van der Waals surface area (Å²) in [6.07, 6.45) is 3.62. The van der Waals surface area contributed by atoms with Crippen LogP contribution in [0.1, 0.15) is 18.8 Å². The Morgan fingerprint density at radius 3 is 2.56 bits per heavy atom. The third kappa shape index (κ3) is 2.48. The molecule has 94 valence electrons. The molecule has 0 saturated carbocycles. The number of anilines is 1. The van der Waals surface area contributed by atoms with Crippen molar-refractivity contribution in [2.45, 2.75) is 13.0 Å². The van der Waals surface area contributed by atoms with Crippen molar-refractivity contribution >= 4 is 11.4 Å². The van der Waals surface area contributed by atoms with Gasteiger partial charge in [0, 0.05) is 37.3 Å². The van der Waals surface area contributed by atoms with Crippen molar-refractivity contribution in [3.05, 3.63) is 52.6 Å². The van der Waals surface area contributed by atoms with Gasteiger partial charge in [-0.2, -0.15) is 0 Å². The Kier molecular flexibility index (Phi) is 3.27. The predicted octanol–water partition coefficient (Wildman–Crippen LogP) is 2.50. The standard InChI is InChI=1S/C12H14N4O2/c1-9(12-13-7-8-15(12)2)14-10-3-5-11(6-4-10)16(17)18/h3-9,14H,1-2H3. The first-order valence-corrected chi connectivity index (χ1v) is 5.56. The van der Waals surface area contributed by atoms with Gasteiger partial charge in [0.05, 0.1) is 11.0 Å². The van der Waals surface area contributed by atoms with Gasteiger partial charge in [-0.05, 0) is 19.1 Å². The van der Waals surface area contributed by atoms with Crippen LogP contribution in [0.4, 0.5) is 11.4 Å². The molecule has 1 unspecified atom stereocenters. The number of non-ortho nitro benzene ring substituents is 1. The van der Waals surface area contributed by atoms with Gasteiger partial charge < -0.3 is 9.88 Å². The van der Waals surface area contributed by atoms with Crippen LogP contribution in [0.5, 0.6) is 0 Å². The van der Waals surface area contributed by atoms with Crippen LogP contribution in [0.25, 0.3) is 0 Å². The molecular formula is C12H14N4O2. The molecule has 0 aliphatic heterocycles. The van der Waals surface area contributed by atoms with Gasteiger partial charge in [0.25, 0.3) is 5.69 Å². The minimum atomic E-state index is -0.411. The molecule has 1 heterocycles. The highest BCUT2D eigenvalue weighted by atomic mass is 16.6. The summed E-state index contributed by atoms with van der Waals surface area (Å²) in [6.45, 7) is 1.99. The van der Waals surface area contributed by atoms with E-state index in [0.29, 0.717) is 0 Å². The van der Waals surface area contributed by atoms with E-state index in [4.69, 9.17) is 0 Å². The Bertz CT molecular complexity index is 547. The van der Waals surface area contributed by atoms with E-state index in [1.807, 2.05) is 24.7 Å². The van der Waals surface area contributed by atoms with Crippen LogP contribution in [0, 0.1) is 10.1 Å². The van der Waals surface area contributed by atoms with Crippen LogP contribution in [0.15, 0.2) is 36.7 Å². The van der Waals surface area contributed by atoms with Crippen LogP contribution in [0.3, 0.4) is 0 Å². The smallest absolute Gasteiger partial charge is 0.269 e. The number of hydrogen-bond donors (Lipinski definition) is 1. The van der Waals surface area contributed by atoms with Crippen molar-refractivity contribution in [2.75, 3.05) is 5.32 Å². The fraction of sp³-hybridized carbons (Fsp3) is 0.250. The topological polar surface area (TPSA) is 73.0 Å². The third-order valence-electron chi connectivity index (χ3n) is 2.71. The highest BCUT2D eigenvalue weighted by Crippen LogP contribution is 2.20. The van der Waals surface area contributed by atoms with Gasteiger partial charge in [-0.1, -0.05) is 0 Å². The SMILES string of the molecule is CC(Nc1ccc([N+](=O)[O-])cc1)c1nccn1C. The second-order valence-electron chi connectivity index (χ2n) is 4.07. The van der Waals surface area contributed by atoms with E-state index >= 15 is 0 Å². The lowest BCUT2D eigenvalue weighted by Crippen LogP contribution is -2.11. The molecule has 6 heteroatoms. The summed E-state index contributed by atoms with van der Waals surface area (Å²) in [4.78, 5) is 14.4.